The van der Waals surface area contributed by atoms with Crippen molar-refractivity contribution in [1.29, 1.82) is 0 Å². The second-order valence-corrected chi connectivity index (χ2v) is 5.76. The monoisotopic (exact) mass is 278 g/mol. The predicted molar refractivity (Wildman–Crippen MR) is 82.0 cm³/mol. The van der Waals surface area contributed by atoms with Gasteiger partial charge in [-0.1, -0.05) is 32.0 Å². The van der Waals surface area contributed by atoms with Crippen LogP contribution in [0, 0.1) is 5.92 Å². The van der Waals surface area contributed by atoms with Crippen molar-refractivity contribution in [2.75, 3.05) is 37.8 Å². The average Bonchev–Trinajstić information content (AvgIpc) is 2.47. The zero-order chi connectivity index (χ0) is 14.4. The van der Waals surface area contributed by atoms with Crippen LogP contribution in [0.1, 0.15) is 19.4 Å². The molecule has 0 saturated carbocycles. The minimum atomic E-state index is 0.0648. The van der Waals surface area contributed by atoms with E-state index >= 15 is 0 Å². The van der Waals surface area contributed by atoms with Gasteiger partial charge in [0.05, 0.1) is 25.9 Å². The maximum atomic E-state index is 9.53. The summed E-state index contributed by atoms with van der Waals surface area (Å²) >= 11 is 0. The molecule has 0 spiro atoms. The van der Waals surface area contributed by atoms with Crippen molar-refractivity contribution >= 4 is 5.69 Å². The van der Waals surface area contributed by atoms with Gasteiger partial charge in [-0.2, -0.15) is 0 Å². The van der Waals surface area contributed by atoms with Gasteiger partial charge in [-0.05, 0) is 24.1 Å². The van der Waals surface area contributed by atoms with Crippen molar-refractivity contribution in [3.05, 3.63) is 29.8 Å². The van der Waals surface area contributed by atoms with E-state index in [0.29, 0.717) is 12.5 Å². The summed E-state index contributed by atoms with van der Waals surface area (Å²) in [6, 6.07) is 8.50. The van der Waals surface area contributed by atoms with Gasteiger partial charge in [0.25, 0.3) is 0 Å². The first-order chi connectivity index (χ1) is 9.72. The van der Waals surface area contributed by atoms with Crippen LogP contribution in [0.25, 0.3) is 0 Å². The highest BCUT2D eigenvalue weighted by molar-refractivity contribution is 5.54. The Balaban J connectivity index is 2.09. The Morgan fingerprint density at radius 2 is 2.20 bits per heavy atom. The first-order valence-electron chi connectivity index (χ1n) is 7.46. The number of rotatable bonds is 6. The number of nitrogens with zero attached hydrogens (tertiary/aromatic N) is 1. The normalized spacial score (nSPS) is 19.6. The summed E-state index contributed by atoms with van der Waals surface area (Å²) in [6.45, 7) is 8.60. The van der Waals surface area contributed by atoms with Gasteiger partial charge in [0.1, 0.15) is 0 Å². The van der Waals surface area contributed by atoms with E-state index in [2.05, 4.69) is 48.3 Å². The van der Waals surface area contributed by atoms with Crippen LogP contribution >= 0.6 is 0 Å². The SMILES string of the molecule is CC(C)CNCc1ccccc1N1CCOCC1CO. The minimum absolute atomic E-state index is 0.0648. The van der Waals surface area contributed by atoms with Crippen LogP contribution in [0.3, 0.4) is 0 Å². The third kappa shape index (κ3) is 3.95. The Morgan fingerprint density at radius 1 is 1.40 bits per heavy atom. The van der Waals surface area contributed by atoms with E-state index in [4.69, 9.17) is 4.74 Å². The highest BCUT2D eigenvalue weighted by Crippen LogP contribution is 2.24. The zero-order valence-electron chi connectivity index (χ0n) is 12.5. The van der Waals surface area contributed by atoms with Crippen LogP contribution in [-0.2, 0) is 11.3 Å². The van der Waals surface area contributed by atoms with Crippen LogP contribution in [-0.4, -0.2) is 44.1 Å². The lowest BCUT2D eigenvalue weighted by Crippen LogP contribution is -2.48. The fourth-order valence-electron chi connectivity index (χ4n) is 2.56. The quantitative estimate of drug-likeness (QED) is 0.830. The molecule has 4 heteroatoms. The predicted octanol–water partition coefficient (Wildman–Crippen LogP) is 1.63. The Hall–Kier alpha value is -1.10. The van der Waals surface area contributed by atoms with Gasteiger partial charge < -0.3 is 20.1 Å². The Morgan fingerprint density at radius 3 is 2.95 bits per heavy atom. The number of para-hydroxylation sites is 1. The Labute approximate surface area is 121 Å². The van der Waals surface area contributed by atoms with Crippen LogP contribution < -0.4 is 10.2 Å². The van der Waals surface area contributed by atoms with E-state index in [0.717, 1.165) is 26.2 Å². The summed E-state index contributed by atoms with van der Waals surface area (Å²) in [4.78, 5) is 2.27. The van der Waals surface area contributed by atoms with Gasteiger partial charge >= 0.3 is 0 Å². The minimum Gasteiger partial charge on any atom is -0.394 e. The molecule has 1 aromatic carbocycles. The summed E-state index contributed by atoms with van der Waals surface area (Å²) in [6.07, 6.45) is 0. The number of aliphatic hydroxyl groups is 1. The van der Waals surface area contributed by atoms with E-state index in [-0.39, 0.29) is 12.6 Å². The van der Waals surface area contributed by atoms with Crippen molar-refractivity contribution < 1.29 is 9.84 Å². The smallest absolute Gasteiger partial charge is 0.0755 e. The van der Waals surface area contributed by atoms with E-state index in [9.17, 15) is 5.11 Å². The maximum Gasteiger partial charge on any atom is 0.0755 e. The lowest BCUT2D eigenvalue weighted by molar-refractivity contribution is 0.0726. The second kappa shape index (κ2) is 7.62. The molecule has 1 aliphatic heterocycles. The number of benzene rings is 1. The zero-order valence-corrected chi connectivity index (χ0v) is 12.5. The van der Waals surface area contributed by atoms with E-state index in [1.54, 1.807) is 0 Å². The second-order valence-electron chi connectivity index (χ2n) is 5.76. The topological polar surface area (TPSA) is 44.7 Å². The summed E-state index contributed by atoms with van der Waals surface area (Å²) in [5, 5.41) is 13.0. The molecule has 1 saturated heterocycles. The van der Waals surface area contributed by atoms with Crippen LogP contribution in [0.5, 0.6) is 0 Å². The van der Waals surface area contributed by atoms with Crippen molar-refractivity contribution in [2.45, 2.75) is 26.4 Å². The number of morpholine rings is 1. The molecule has 1 atom stereocenters. The largest absolute Gasteiger partial charge is 0.394 e. The molecule has 0 amide bonds. The molecule has 20 heavy (non-hydrogen) atoms. The molecule has 1 fully saturated rings. The van der Waals surface area contributed by atoms with Crippen molar-refractivity contribution in [3.63, 3.8) is 0 Å². The molecule has 1 aromatic rings. The molecule has 2 rings (SSSR count). The summed E-state index contributed by atoms with van der Waals surface area (Å²) < 4.78 is 5.46. The molecule has 0 aromatic heterocycles. The Bertz CT molecular complexity index is 409. The molecule has 1 heterocycles. The van der Waals surface area contributed by atoms with Crippen LogP contribution in [0.4, 0.5) is 5.69 Å². The molecule has 0 radical (unpaired) electrons. The van der Waals surface area contributed by atoms with Crippen molar-refractivity contribution in [2.24, 2.45) is 5.92 Å². The number of ether oxygens (including phenoxy) is 1. The third-order valence-electron chi connectivity index (χ3n) is 3.61. The fraction of sp³-hybridized carbons (Fsp3) is 0.625. The van der Waals surface area contributed by atoms with Gasteiger partial charge in [0.15, 0.2) is 0 Å². The number of anilines is 1. The van der Waals surface area contributed by atoms with E-state index in [1.165, 1.54) is 11.3 Å². The number of hydrogen-bond donors (Lipinski definition) is 2. The van der Waals surface area contributed by atoms with Crippen LogP contribution in [0.15, 0.2) is 24.3 Å². The number of nitrogens with one attached hydrogen (secondary N) is 1. The van der Waals surface area contributed by atoms with E-state index < -0.39 is 0 Å². The molecular weight excluding hydrogens is 252 g/mol. The van der Waals surface area contributed by atoms with E-state index in [1.807, 2.05) is 0 Å². The highest BCUT2D eigenvalue weighted by Gasteiger charge is 2.23. The summed E-state index contributed by atoms with van der Waals surface area (Å²) in [5.41, 5.74) is 2.50. The third-order valence-corrected chi connectivity index (χ3v) is 3.61. The van der Waals surface area contributed by atoms with Gasteiger partial charge in [-0.15, -0.1) is 0 Å². The van der Waals surface area contributed by atoms with Crippen LogP contribution in [0.2, 0.25) is 0 Å². The lowest BCUT2D eigenvalue weighted by atomic mass is 10.1. The molecule has 1 unspecified atom stereocenters. The number of hydrogen-bond acceptors (Lipinski definition) is 4. The molecule has 112 valence electrons. The van der Waals surface area contributed by atoms with Gasteiger partial charge in [0.2, 0.25) is 0 Å². The summed E-state index contributed by atoms with van der Waals surface area (Å²) in [7, 11) is 0. The fourth-order valence-corrected chi connectivity index (χ4v) is 2.56. The van der Waals surface area contributed by atoms with Crippen molar-refractivity contribution in [1.82, 2.24) is 5.32 Å². The first-order valence-corrected chi connectivity index (χ1v) is 7.46. The van der Waals surface area contributed by atoms with Gasteiger partial charge in [-0.3, -0.25) is 0 Å². The summed E-state index contributed by atoms with van der Waals surface area (Å²) in [5.74, 6) is 0.649. The molecule has 0 bridgehead atoms. The molecule has 2 N–H and O–H groups in total. The Kier molecular flexibility index (Phi) is 5.83. The van der Waals surface area contributed by atoms with Gasteiger partial charge in [-0.25, -0.2) is 0 Å². The first kappa shape index (κ1) is 15.3. The lowest BCUT2D eigenvalue weighted by Gasteiger charge is -2.37. The standard InChI is InChI=1S/C16H26N2O2/c1-13(2)9-17-10-14-5-3-4-6-16(14)18-7-8-20-12-15(18)11-19/h3-6,13,15,17,19H,7-12H2,1-2H3. The number of aliphatic hydroxyl groups excluding tert-OH is 1. The molecular formula is C16H26N2O2. The average molecular weight is 278 g/mol. The highest BCUT2D eigenvalue weighted by atomic mass is 16.5. The van der Waals surface area contributed by atoms with Gasteiger partial charge in [0, 0.05) is 18.8 Å². The molecule has 0 aliphatic carbocycles. The molecule has 4 nitrogen and oxygen atoms in total. The van der Waals surface area contributed by atoms with Crippen molar-refractivity contribution in [3.8, 4) is 0 Å². The molecule has 1 aliphatic rings. The maximum absolute atomic E-state index is 9.53.